The molecule has 0 unspecified atom stereocenters. The molecule has 0 spiro atoms. The summed E-state index contributed by atoms with van der Waals surface area (Å²) in [7, 11) is -0.520. The number of Topliss-reactive ketones (excluding diaryl/α,β-unsaturated/α-hetero) is 1. The van der Waals surface area contributed by atoms with E-state index in [1.165, 1.54) is 46.3 Å². The average molecular weight is 262 g/mol. The van der Waals surface area contributed by atoms with Crippen molar-refractivity contribution in [3.8, 4) is 0 Å². The number of rotatable bonds is 7. The van der Waals surface area contributed by atoms with E-state index in [9.17, 15) is 9.36 Å². The summed E-state index contributed by atoms with van der Waals surface area (Å²) in [5.74, 6) is 0.666. The van der Waals surface area contributed by atoms with Crippen LogP contribution in [0.4, 0.5) is 0 Å². The van der Waals surface area contributed by atoms with Crippen molar-refractivity contribution in [2.45, 2.75) is 44.9 Å². The van der Waals surface area contributed by atoms with E-state index < -0.39 is 7.60 Å². The Kier molecular flexibility index (Phi) is 6.39. The standard InChI is InChI=1S/C12H23O4P/c1-15-17(14,16-2)10-12(13)9-8-11-6-4-3-5-7-11/h11H,3-10H2,1-2H3. The molecule has 0 aromatic rings. The first-order chi connectivity index (χ1) is 8.09. The fourth-order valence-corrected chi connectivity index (χ4v) is 3.34. The molecule has 0 aliphatic heterocycles. The fourth-order valence-electron chi connectivity index (χ4n) is 2.34. The Bertz CT molecular complexity index is 276. The molecular formula is C12H23O4P. The normalized spacial score (nSPS) is 18.2. The maximum absolute atomic E-state index is 11.7. The van der Waals surface area contributed by atoms with Crippen LogP contribution in [-0.2, 0) is 18.4 Å². The van der Waals surface area contributed by atoms with Crippen molar-refractivity contribution in [2.75, 3.05) is 20.4 Å². The lowest BCUT2D eigenvalue weighted by Gasteiger charge is -2.21. The minimum atomic E-state index is -3.16. The van der Waals surface area contributed by atoms with Gasteiger partial charge in [-0.15, -0.1) is 0 Å². The Balaban J connectivity index is 2.27. The summed E-state index contributed by atoms with van der Waals surface area (Å²) in [5, 5.41) is 0. The van der Waals surface area contributed by atoms with Crippen molar-refractivity contribution in [2.24, 2.45) is 5.92 Å². The molecular weight excluding hydrogens is 239 g/mol. The summed E-state index contributed by atoms with van der Waals surface area (Å²) in [6, 6.07) is 0. The van der Waals surface area contributed by atoms with Gasteiger partial charge in [-0.3, -0.25) is 9.36 Å². The molecule has 0 aromatic heterocycles. The minimum absolute atomic E-state index is 0.0115. The first-order valence-electron chi connectivity index (χ1n) is 6.32. The van der Waals surface area contributed by atoms with Crippen LogP contribution < -0.4 is 0 Å². The second kappa shape index (κ2) is 7.30. The van der Waals surface area contributed by atoms with Crippen LogP contribution in [0.2, 0.25) is 0 Å². The molecule has 17 heavy (non-hydrogen) atoms. The van der Waals surface area contributed by atoms with Gasteiger partial charge in [0, 0.05) is 20.6 Å². The molecule has 1 saturated carbocycles. The molecule has 0 atom stereocenters. The molecule has 0 bridgehead atoms. The second-order valence-corrected chi connectivity index (χ2v) is 6.98. The van der Waals surface area contributed by atoms with E-state index in [0.29, 0.717) is 12.3 Å². The van der Waals surface area contributed by atoms with Crippen LogP contribution in [0, 0.1) is 5.92 Å². The molecule has 4 nitrogen and oxygen atoms in total. The summed E-state index contributed by atoms with van der Waals surface area (Å²) in [4.78, 5) is 11.7. The number of carbonyl (C=O) groups is 1. The van der Waals surface area contributed by atoms with Gasteiger partial charge in [0.1, 0.15) is 11.9 Å². The molecule has 0 N–H and O–H groups in total. The van der Waals surface area contributed by atoms with E-state index >= 15 is 0 Å². The Labute approximate surface area is 104 Å². The lowest BCUT2D eigenvalue weighted by Crippen LogP contribution is -2.12. The highest BCUT2D eigenvalue weighted by Gasteiger charge is 2.25. The first-order valence-corrected chi connectivity index (χ1v) is 8.04. The zero-order valence-corrected chi connectivity index (χ0v) is 11.7. The van der Waals surface area contributed by atoms with E-state index in [-0.39, 0.29) is 11.9 Å². The molecule has 1 fully saturated rings. The van der Waals surface area contributed by atoms with Gasteiger partial charge in [-0.05, 0) is 12.3 Å². The van der Waals surface area contributed by atoms with Crippen LogP contribution in [0.5, 0.6) is 0 Å². The number of hydrogen-bond donors (Lipinski definition) is 0. The number of carbonyl (C=O) groups excluding carboxylic acids is 1. The molecule has 1 aliphatic rings. The van der Waals surface area contributed by atoms with E-state index in [1.807, 2.05) is 0 Å². The second-order valence-electron chi connectivity index (χ2n) is 4.72. The van der Waals surface area contributed by atoms with Gasteiger partial charge < -0.3 is 9.05 Å². The highest BCUT2D eigenvalue weighted by Crippen LogP contribution is 2.46. The summed E-state index contributed by atoms with van der Waals surface area (Å²) in [6.07, 6.45) is 7.70. The van der Waals surface area contributed by atoms with Crippen molar-refractivity contribution >= 4 is 13.4 Å². The molecule has 0 radical (unpaired) electrons. The average Bonchev–Trinajstić information content (AvgIpc) is 2.37. The summed E-state index contributed by atoms with van der Waals surface area (Å²) < 4.78 is 21.3. The van der Waals surface area contributed by atoms with Gasteiger partial charge in [0.2, 0.25) is 0 Å². The van der Waals surface area contributed by atoms with Crippen LogP contribution in [-0.4, -0.2) is 26.2 Å². The Hall–Kier alpha value is -0.180. The SMILES string of the molecule is COP(=O)(CC(=O)CCC1CCCCC1)OC. The predicted octanol–water partition coefficient (Wildman–Crippen LogP) is 3.40. The van der Waals surface area contributed by atoms with Gasteiger partial charge in [0.25, 0.3) is 0 Å². The third kappa shape index (κ3) is 5.33. The predicted molar refractivity (Wildman–Crippen MR) is 67.3 cm³/mol. The summed E-state index contributed by atoms with van der Waals surface area (Å²) >= 11 is 0. The Morgan fingerprint density at radius 3 is 2.29 bits per heavy atom. The van der Waals surface area contributed by atoms with E-state index in [0.717, 1.165) is 6.42 Å². The van der Waals surface area contributed by atoms with Crippen molar-refractivity contribution < 1.29 is 18.4 Å². The molecule has 0 saturated heterocycles. The fraction of sp³-hybridized carbons (Fsp3) is 0.917. The highest BCUT2D eigenvalue weighted by molar-refractivity contribution is 7.54. The molecule has 0 aromatic carbocycles. The van der Waals surface area contributed by atoms with Gasteiger partial charge >= 0.3 is 7.60 Å². The highest BCUT2D eigenvalue weighted by atomic mass is 31.2. The van der Waals surface area contributed by atoms with Crippen LogP contribution in [0.25, 0.3) is 0 Å². The van der Waals surface area contributed by atoms with Crippen molar-refractivity contribution in [3.63, 3.8) is 0 Å². The molecule has 100 valence electrons. The Morgan fingerprint density at radius 1 is 1.18 bits per heavy atom. The topological polar surface area (TPSA) is 52.6 Å². The van der Waals surface area contributed by atoms with Crippen LogP contribution in [0.15, 0.2) is 0 Å². The number of ketones is 1. The van der Waals surface area contributed by atoms with E-state index in [1.54, 1.807) is 0 Å². The zero-order valence-electron chi connectivity index (χ0n) is 10.8. The maximum atomic E-state index is 11.7. The summed E-state index contributed by atoms with van der Waals surface area (Å²) in [5.41, 5.74) is 0. The molecule has 1 aliphatic carbocycles. The lowest BCUT2D eigenvalue weighted by molar-refractivity contribution is -0.117. The molecule has 0 amide bonds. The van der Waals surface area contributed by atoms with Crippen LogP contribution in [0.1, 0.15) is 44.9 Å². The maximum Gasteiger partial charge on any atom is 0.337 e. The van der Waals surface area contributed by atoms with Gasteiger partial charge in [-0.2, -0.15) is 0 Å². The van der Waals surface area contributed by atoms with E-state index in [2.05, 4.69) is 0 Å². The van der Waals surface area contributed by atoms with Crippen molar-refractivity contribution in [1.82, 2.24) is 0 Å². The zero-order chi connectivity index (χ0) is 12.7. The smallest absolute Gasteiger partial charge is 0.312 e. The van der Waals surface area contributed by atoms with Crippen molar-refractivity contribution in [3.05, 3.63) is 0 Å². The Morgan fingerprint density at radius 2 is 1.76 bits per heavy atom. The van der Waals surface area contributed by atoms with Crippen molar-refractivity contribution in [1.29, 1.82) is 0 Å². The quantitative estimate of drug-likeness (QED) is 0.660. The monoisotopic (exact) mass is 262 g/mol. The van der Waals surface area contributed by atoms with Crippen LogP contribution >= 0.6 is 7.60 Å². The third-order valence-corrected chi connectivity index (χ3v) is 5.34. The number of hydrogen-bond acceptors (Lipinski definition) is 4. The third-order valence-electron chi connectivity index (χ3n) is 3.48. The molecule has 0 heterocycles. The van der Waals surface area contributed by atoms with Gasteiger partial charge in [-0.25, -0.2) is 0 Å². The largest absolute Gasteiger partial charge is 0.337 e. The minimum Gasteiger partial charge on any atom is -0.312 e. The van der Waals surface area contributed by atoms with E-state index in [4.69, 9.17) is 9.05 Å². The van der Waals surface area contributed by atoms with Gasteiger partial charge in [-0.1, -0.05) is 32.1 Å². The first kappa shape index (κ1) is 14.9. The summed E-state index contributed by atoms with van der Waals surface area (Å²) in [6.45, 7) is 0. The van der Waals surface area contributed by atoms with Crippen LogP contribution in [0.3, 0.4) is 0 Å². The molecule has 1 rings (SSSR count). The van der Waals surface area contributed by atoms with Gasteiger partial charge in [0.05, 0.1) is 0 Å². The molecule has 5 heteroatoms. The lowest BCUT2D eigenvalue weighted by atomic mass is 9.86. The van der Waals surface area contributed by atoms with Gasteiger partial charge in [0.15, 0.2) is 0 Å².